The van der Waals surface area contributed by atoms with E-state index in [1.807, 2.05) is 0 Å². The molecule has 1 atom stereocenters. The van der Waals surface area contributed by atoms with Gasteiger partial charge in [0.25, 0.3) is 0 Å². The van der Waals surface area contributed by atoms with Crippen LogP contribution in [0.4, 0.5) is 4.39 Å². The molecule has 1 aromatic carbocycles. The molecule has 0 radical (unpaired) electrons. The Morgan fingerprint density at radius 3 is 2.67 bits per heavy atom. The number of aromatic nitrogens is 3. The van der Waals surface area contributed by atoms with Crippen LogP contribution in [0.2, 0.25) is 0 Å². The van der Waals surface area contributed by atoms with E-state index in [2.05, 4.69) is 10.1 Å². The Balaban J connectivity index is 2.15. The summed E-state index contributed by atoms with van der Waals surface area (Å²) in [5, 5.41) is 9.17. The molecule has 8 nitrogen and oxygen atoms in total. The van der Waals surface area contributed by atoms with Gasteiger partial charge >= 0.3 is 0 Å². The zero-order valence-corrected chi connectivity index (χ0v) is 14.3. The van der Waals surface area contributed by atoms with E-state index in [4.69, 9.17) is 5.14 Å². The van der Waals surface area contributed by atoms with Crippen molar-refractivity contribution in [2.45, 2.75) is 24.2 Å². The average molecular weight is 374 g/mol. The summed E-state index contributed by atoms with van der Waals surface area (Å²) in [6.07, 6.45) is 0.358. The molecule has 0 saturated carbocycles. The van der Waals surface area contributed by atoms with Crippen LogP contribution in [0.3, 0.4) is 0 Å². The van der Waals surface area contributed by atoms with Crippen LogP contribution in [0, 0.1) is 12.7 Å². The first-order valence-corrected chi connectivity index (χ1v) is 10.4. The lowest BCUT2D eigenvalue weighted by Crippen LogP contribution is -2.15. The first-order chi connectivity index (χ1) is 11.1. The normalized spacial score (nSPS) is 20.4. The molecule has 130 valence electrons. The maximum absolute atomic E-state index is 14.2. The van der Waals surface area contributed by atoms with Gasteiger partial charge in [-0.05, 0) is 31.5 Å². The summed E-state index contributed by atoms with van der Waals surface area (Å²) in [6.45, 7) is 1.59. The Morgan fingerprint density at radius 1 is 1.38 bits per heavy atom. The van der Waals surface area contributed by atoms with Gasteiger partial charge in [0.2, 0.25) is 10.0 Å². The number of sulfonamides is 1. The number of halogens is 1. The van der Waals surface area contributed by atoms with Crippen LogP contribution >= 0.6 is 0 Å². The number of nitrogens with two attached hydrogens (primary N) is 1. The largest absolute Gasteiger partial charge is 0.238 e. The van der Waals surface area contributed by atoms with Crippen LogP contribution in [-0.2, 0) is 19.9 Å². The second-order valence-corrected chi connectivity index (χ2v) is 9.48. The maximum Gasteiger partial charge on any atom is 0.238 e. The molecule has 1 aliphatic heterocycles. The Kier molecular flexibility index (Phi) is 3.97. The van der Waals surface area contributed by atoms with Crippen molar-refractivity contribution in [3.63, 3.8) is 0 Å². The van der Waals surface area contributed by atoms with Crippen LogP contribution in [0.5, 0.6) is 0 Å². The lowest BCUT2D eigenvalue weighted by molar-refractivity contribution is 0.587. The van der Waals surface area contributed by atoms with Crippen LogP contribution in [0.1, 0.15) is 24.0 Å². The maximum atomic E-state index is 14.2. The second kappa shape index (κ2) is 5.60. The number of hydrogen-bond acceptors (Lipinski definition) is 6. The lowest BCUT2D eigenvalue weighted by atomic mass is 10.1. The molecular formula is C13H15FN4O4S2. The highest BCUT2D eigenvalue weighted by atomic mass is 32.2. The summed E-state index contributed by atoms with van der Waals surface area (Å²) in [4.78, 5) is 3.94. The summed E-state index contributed by atoms with van der Waals surface area (Å²) in [5.41, 5.74) is -0.138. The molecule has 1 fully saturated rings. The summed E-state index contributed by atoms with van der Waals surface area (Å²) in [5.74, 6) is -0.581. The zero-order chi connectivity index (χ0) is 17.7. The molecule has 3 rings (SSSR count). The first-order valence-electron chi connectivity index (χ1n) is 7.03. The molecule has 24 heavy (non-hydrogen) atoms. The van der Waals surface area contributed by atoms with Gasteiger partial charge in [-0.1, -0.05) is 0 Å². The van der Waals surface area contributed by atoms with Gasteiger partial charge in [-0.3, -0.25) is 0 Å². The third-order valence-electron chi connectivity index (χ3n) is 3.81. The number of nitrogens with zero attached hydrogens (tertiary/aromatic N) is 3. The average Bonchev–Trinajstić information content (AvgIpc) is 3.00. The number of benzene rings is 1. The fraction of sp³-hybridized carbons (Fsp3) is 0.385. The standard InChI is InChI=1S/C13H15FN4O4S2/c1-8-16-13(9-4-5-23(19,20)7-9)18(17-8)12-6-10(24(15,21)22)2-3-11(12)14/h2-3,6,9H,4-5,7H2,1H3,(H2,15,21,22)/t9-/m0/s1. The summed E-state index contributed by atoms with van der Waals surface area (Å²) < 4.78 is 61.8. The molecule has 11 heteroatoms. The van der Waals surface area contributed by atoms with Gasteiger partial charge in [-0.2, -0.15) is 5.10 Å². The van der Waals surface area contributed by atoms with Crippen LogP contribution in [0.15, 0.2) is 23.1 Å². The van der Waals surface area contributed by atoms with Crippen LogP contribution < -0.4 is 5.14 Å². The second-order valence-electron chi connectivity index (χ2n) is 5.69. The third kappa shape index (κ3) is 3.19. The molecule has 0 amide bonds. The Bertz CT molecular complexity index is 1010. The molecule has 0 spiro atoms. The Labute approximate surface area is 138 Å². The highest BCUT2D eigenvalue weighted by molar-refractivity contribution is 7.91. The van der Waals surface area contributed by atoms with Crippen molar-refractivity contribution in [1.29, 1.82) is 0 Å². The summed E-state index contributed by atoms with van der Waals surface area (Å²) in [6, 6.07) is 3.09. The Hall–Kier alpha value is -1.85. The van der Waals surface area contributed by atoms with Crippen molar-refractivity contribution in [1.82, 2.24) is 14.8 Å². The van der Waals surface area contributed by atoms with Gasteiger partial charge in [-0.25, -0.2) is 36.0 Å². The molecular weight excluding hydrogens is 359 g/mol. The predicted octanol–water partition coefficient (Wildman–Crippen LogP) is 0.264. The summed E-state index contributed by atoms with van der Waals surface area (Å²) >= 11 is 0. The molecule has 2 N–H and O–H groups in total. The van der Waals surface area contributed by atoms with E-state index < -0.39 is 31.6 Å². The monoisotopic (exact) mass is 374 g/mol. The summed E-state index contributed by atoms with van der Waals surface area (Å²) in [7, 11) is -7.18. The van der Waals surface area contributed by atoms with E-state index in [1.165, 1.54) is 0 Å². The van der Waals surface area contributed by atoms with Gasteiger partial charge in [0.05, 0.1) is 16.4 Å². The number of sulfone groups is 1. The quantitative estimate of drug-likeness (QED) is 0.822. The van der Waals surface area contributed by atoms with Gasteiger partial charge in [-0.15, -0.1) is 0 Å². The van der Waals surface area contributed by atoms with Gasteiger partial charge in [0.15, 0.2) is 9.84 Å². The van der Waals surface area contributed by atoms with E-state index in [-0.39, 0.29) is 22.1 Å². The lowest BCUT2D eigenvalue weighted by Gasteiger charge is -2.11. The van der Waals surface area contributed by atoms with E-state index >= 15 is 0 Å². The van der Waals surface area contributed by atoms with Crippen molar-refractivity contribution < 1.29 is 21.2 Å². The third-order valence-corrected chi connectivity index (χ3v) is 6.49. The topological polar surface area (TPSA) is 125 Å². The van der Waals surface area contributed by atoms with Crippen LogP contribution in [-0.4, -0.2) is 43.1 Å². The van der Waals surface area contributed by atoms with Crippen molar-refractivity contribution in [3.8, 4) is 5.69 Å². The molecule has 2 aromatic rings. The van der Waals surface area contributed by atoms with Crippen molar-refractivity contribution in [2.75, 3.05) is 11.5 Å². The van der Waals surface area contributed by atoms with Crippen molar-refractivity contribution in [3.05, 3.63) is 35.7 Å². The molecule has 0 unspecified atom stereocenters. The van der Waals surface area contributed by atoms with Crippen molar-refractivity contribution >= 4 is 19.9 Å². The van der Waals surface area contributed by atoms with Gasteiger partial charge in [0, 0.05) is 5.92 Å². The molecule has 0 bridgehead atoms. The minimum atomic E-state index is -4.02. The van der Waals surface area contributed by atoms with E-state index in [0.29, 0.717) is 18.1 Å². The fourth-order valence-corrected chi connectivity index (χ4v) is 4.98. The van der Waals surface area contributed by atoms with Crippen LogP contribution in [0.25, 0.3) is 5.69 Å². The number of hydrogen-bond donors (Lipinski definition) is 1. The number of rotatable bonds is 3. The van der Waals surface area contributed by atoms with E-state index in [0.717, 1.165) is 22.9 Å². The SMILES string of the molecule is Cc1nc([C@H]2CCS(=O)(=O)C2)n(-c2cc(S(N)(=O)=O)ccc2F)n1. The zero-order valence-electron chi connectivity index (χ0n) is 12.7. The Morgan fingerprint density at radius 2 is 2.08 bits per heavy atom. The molecule has 2 heterocycles. The minimum Gasteiger partial charge on any atom is -0.229 e. The number of aryl methyl sites for hydroxylation is 1. The van der Waals surface area contributed by atoms with E-state index in [9.17, 15) is 21.2 Å². The first kappa shape index (κ1) is 17.0. The smallest absolute Gasteiger partial charge is 0.229 e. The number of primary sulfonamides is 1. The highest BCUT2D eigenvalue weighted by Gasteiger charge is 2.33. The molecule has 1 aromatic heterocycles. The van der Waals surface area contributed by atoms with Crippen molar-refractivity contribution in [2.24, 2.45) is 5.14 Å². The van der Waals surface area contributed by atoms with Gasteiger partial charge in [0.1, 0.15) is 23.2 Å². The molecule has 1 saturated heterocycles. The molecule has 1 aliphatic rings. The predicted molar refractivity (Wildman–Crippen MR) is 83.4 cm³/mol. The fourth-order valence-electron chi connectivity index (χ4n) is 2.70. The molecule has 0 aliphatic carbocycles. The van der Waals surface area contributed by atoms with E-state index in [1.54, 1.807) is 6.92 Å². The van der Waals surface area contributed by atoms with Gasteiger partial charge < -0.3 is 0 Å². The highest BCUT2D eigenvalue weighted by Crippen LogP contribution is 2.30. The minimum absolute atomic E-state index is 0.0310.